The van der Waals surface area contributed by atoms with Gasteiger partial charge >= 0.3 is 0 Å². The van der Waals surface area contributed by atoms with Crippen LogP contribution in [-0.4, -0.2) is 32.0 Å². The number of fused-ring (bicyclic) bond motifs is 1. The summed E-state index contributed by atoms with van der Waals surface area (Å²) in [5.41, 5.74) is 3.82. The van der Waals surface area contributed by atoms with Gasteiger partial charge in [0.25, 0.3) is 0 Å². The van der Waals surface area contributed by atoms with Crippen molar-refractivity contribution in [2.24, 2.45) is 0 Å². The molecule has 0 unspecified atom stereocenters. The van der Waals surface area contributed by atoms with Crippen LogP contribution in [0.3, 0.4) is 0 Å². The third-order valence-corrected chi connectivity index (χ3v) is 5.97. The Balaban J connectivity index is 1.32. The van der Waals surface area contributed by atoms with Crippen molar-refractivity contribution in [3.05, 3.63) is 108 Å². The molecule has 2 aromatic heterocycles. The summed E-state index contributed by atoms with van der Waals surface area (Å²) < 4.78 is 7.89. The lowest BCUT2D eigenvalue weighted by Crippen LogP contribution is -2.04. The normalized spacial score (nSPS) is 10.9. The second-order valence-electron chi connectivity index (χ2n) is 8.17. The molecular formula is C28H23ClN4O3. The van der Waals surface area contributed by atoms with Gasteiger partial charge in [-0.15, -0.1) is 0 Å². The van der Waals surface area contributed by atoms with Gasteiger partial charge in [0.05, 0.1) is 17.1 Å². The fourth-order valence-corrected chi connectivity index (χ4v) is 4.18. The van der Waals surface area contributed by atoms with Gasteiger partial charge in [0, 0.05) is 30.4 Å². The first-order chi connectivity index (χ1) is 17.6. The summed E-state index contributed by atoms with van der Waals surface area (Å²) in [6.07, 6.45) is 3.67. The standard InChI is InChI=1S/C28H23ClN4O3/c29-23-17-21(32-28-27-24(30-18-31-28)11-12-33(27)13-14-34)9-10-26(23)36-22-8-4-7-20(16-22)25(35)15-19-5-2-1-3-6-19/h1-12,16-18,34H,13-15H2,(H,30,31,32). The van der Waals surface area contributed by atoms with Crippen LogP contribution >= 0.6 is 11.6 Å². The number of halogens is 1. The molecule has 0 bridgehead atoms. The number of Topliss-reactive ketones (excluding diaryl/α,β-unsaturated/α-hetero) is 1. The van der Waals surface area contributed by atoms with Crippen LogP contribution in [0, 0.1) is 0 Å². The van der Waals surface area contributed by atoms with Crippen LogP contribution in [-0.2, 0) is 13.0 Å². The SMILES string of the molecule is O=C(Cc1ccccc1)c1cccc(Oc2ccc(Nc3ncnc4ccn(CCO)c34)cc2Cl)c1. The molecule has 8 heteroatoms. The molecular weight excluding hydrogens is 476 g/mol. The Hall–Kier alpha value is -4.20. The number of nitrogens with one attached hydrogen (secondary N) is 1. The van der Waals surface area contributed by atoms with E-state index in [9.17, 15) is 9.90 Å². The third-order valence-electron chi connectivity index (χ3n) is 5.68. The number of aliphatic hydroxyl groups excluding tert-OH is 1. The van der Waals surface area contributed by atoms with Gasteiger partial charge in [0.1, 0.15) is 23.3 Å². The third kappa shape index (κ3) is 5.22. The Kier molecular flexibility index (Phi) is 6.93. The molecule has 0 spiro atoms. The number of ether oxygens (including phenoxy) is 1. The van der Waals surface area contributed by atoms with E-state index in [1.165, 1.54) is 6.33 Å². The number of nitrogens with zero attached hydrogens (tertiary/aromatic N) is 3. The number of ketones is 1. The summed E-state index contributed by atoms with van der Waals surface area (Å²) in [7, 11) is 0. The van der Waals surface area contributed by atoms with Crippen LogP contribution in [0.15, 0.2) is 91.4 Å². The maximum Gasteiger partial charge on any atom is 0.167 e. The van der Waals surface area contributed by atoms with Gasteiger partial charge in [-0.2, -0.15) is 0 Å². The molecule has 0 atom stereocenters. The number of carbonyl (C=O) groups excluding carboxylic acids is 1. The van der Waals surface area contributed by atoms with Crippen molar-refractivity contribution in [3.63, 3.8) is 0 Å². The van der Waals surface area contributed by atoms with Gasteiger partial charge in [-0.25, -0.2) is 9.97 Å². The van der Waals surface area contributed by atoms with Crippen molar-refractivity contribution in [2.75, 3.05) is 11.9 Å². The molecule has 0 aliphatic rings. The molecule has 2 N–H and O–H groups in total. The number of carbonyl (C=O) groups is 1. The van der Waals surface area contributed by atoms with Crippen LogP contribution in [0.1, 0.15) is 15.9 Å². The van der Waals surface area contributed by atoms with E-state index in [1.54, 1.807) is 36.4 Å². The minimum atomic E-state index is 0.00896. The van der Waals surface area contributed by atoms with Crippen LogP contribution in [0.4, 0.5) is 11.5 Å². The summed E-state index contributed by atoms with van der Waals surface area (Å²) in [5.74, 6) is 1.61. The number of aliphatic hydroxyl groups is 1. The zero-order valence-electron chi connectivity index (χ0n) is 19.3. The first-order valence-electron chi connectivity index (χ1n) is 11.4. The zero-order valence-corrected chi connectivity index (χ0v) is 20.0. The molecule has 5 aromatic rings. The number of anilines is 2. The minimum absolute atomic E-state index is 0.00896. The van der Waals surface area contributed by atoms with E-state index < -0.39 is 0 Å². The number of hydrogen-bond acceptors (Lipinski definition) is 6. The second-order valence-corrected chi connectivity index (χ2v) is 8.58. The summed E-state index contributed by atoms with van der Waals surface area (Å²) >= 11 is 6.53. The Morgan fingerprint density at radius 2 is 1.86 bits per heavy atom. The van der Waals surface area contributed by atoms with Crippen molar-refractivity contribution in [3.8, 4) is 11.5 Å². The van der Waals surface area contributed by atoms with E-state index in [1.807, 2.05) is 53.2 Å². The highest BCUT2D eigenvalue weighted by molar-refractivity contribution is 6.32. The largest absolute Gasteiger partial charge is 0.456 e. The fourth-order valence-electron chi connectivity index (χ4n) is 3.96. The van der Waals surface area contributed by atoms with Crippen LogP contribution < -0.4 is 10.1 Å². The fraction of sp³-hybridized carbons (Fsp3) is 0.107. The van der Waals surface area contributed by atoms with E-state index in [0.717, 1.165) is 22.3 Å². The van der Waals surface area contributed by atoms with Crippen molar-refractivity contribution in [1.29, 1.82) is 0 Å². The Labute approximate surface area is 213 Å². The van der Waals surface area contributed by atoms with Gasteiger partial charge in [-0.1, -0.05) is 54.1 Å². The average molecular weight is 499 g/mol. The lowest BCUT2D eigenvalue weighted by molar-refractivity contribution is 0.0992. The second kappa shape index (κ2) is 10.6. The Bertz CT molecular complexity index is 1520. The van der Waals surface area contributed by atoms with Crippen molar-refractivity contribution >= 4 is 39.9 Å². The predicted octanol–water partition coefficient (Wildman–Crippen LogP) is 6.04. The average Bonchev–Trinajstić information content (AvgIpc) is 3.31. The molecule has 2 heterocycles. The molecule has 5 rings (SSSR count). The molecule has 0 saturated carbocycles. The topological polar surface area (TPSA) is 89.3 Å². The zero-order chi connectivity index (χ0) is 24.9. The van der Waals surface area contributed by atoms with Crippen molar-refractivity contribution < 1.29 is 14.6 Å². The Morgan fingerprint density at radius 1 is 1.00 bits per heavy atom. The number of hydrogen-bond donors (Lipinski definition) is 2. The molecule has 0 aliphatic heterocycles. The highest BCUT2D eigenvalue weighted by atomic mass is 35.5. The number of aromatic nitrogens is 3. The number of benzene rings is 3. The summed E-state index contributed by atoms with van der Waals surface area (Å²) in [6.45, 7) is 0.445. The summed E-state index contributed by atoms with van der Waals surface area (Å²) in [6, 6.07) is 23.9. The summed E-state index contributed by atoms with van der Waals surface area (Å²) in [4.78, 5) is 21.4. The maximum absolute atomic E-state index is 12.7. The van der Waals surface area contributed by atoms with Gasteiger partial charge in [0.15, 0.2) is 11.6 Å². The van der Waals surface area contributed by atoms with Crippen LogP contribution in [0.2, 0.25) is 5.02 Å². The lowest BCUT2D eigenvalue weighted by atomic mass is 10.0. The van der Waals surface area contributed by atoms with Crippen LogP contribution in [0.25, 0.3) is 11.0 Å². The first-order valence-corrected chi connectivity index (χ1v) is 11.8. The van der Waals surface area contributed by atoms with Crippen LogP contribution in [0.5, 0.6) is 11.5 Å². The van der Waals surface area contributed by atoms with E-state index in [0.29, 0.717) is 40.9 Å². The first kappa shape index (κ1) is 23.5. The number of rotatable bonds is 9. The molecule has 0 amide bonds. The molecule has 0 fully saturated rings. The molecule has 0 saturated heterocycles. The monoisotopic (exact) mass is 498 g/mol. The van der Waals surface area contributed by atoms with Gasteiger partial charge < -0.3 is 19.7 Å². The van der Waals surface area contributed by atoms with E-state index in [4.69, 9.17) is 16.3 Å². The van der Waals surface area contributed by atoms with Gasteiger partial charge in [-0.3, -0.25) is 4.79 Å². The molecule has 36 heavy (non-hydrogen) atoms. The lowest BCUT2D eigenvalue weighted by Gasteiger charge is -2.12. The molecule has 0 aliphatic carbocycles. The Morgan fingerprint density at radius 3 is 2.67 bits per heavy atom. The van der Waals surface area contributed by atoms with Crippen molar-refractivity contribution in [1.82, 2.24) is 14.5 Å². The predicted molar refractivity (Wildman–Crippen MR) is 140 cm³/mol. The smallest absolute Gasteiger partial charge is 0.167 e. The minimum Gasteiger partial charge on any atom is -0.456 e. The van der Waals surface area contributed by atoms with Gasteiger partial charge in [0.2, 0.25) is 0 Å². The van der Waals surface area contributed by atoms with Crippen molar-refractivity contribution in [2.45, 2.75) is 13.0 Å². The van der Waals surface area contributed by atoms with E-state index in [-0.39, 0.29) is 12.4 Å². The highest BCUT2D eigenvalue weighted by Crippen LogP contribution is 2.33. The maximum atomic E-state index is 12.7. The van der Waals surface area contributed by atoms with E-state index >= 15 is 0 Å². The molecule has 7 nitrogen and oxygen atoms in total. The van der Waals surface area contributed by atoms with E-state index in [2.05, 4.69) is 15.3 Å². The molecule has 0 radical (unpaired) electrons. The molecule has 3 aromatic carbocycles. The molecule has 180 valence electrons. The quantitative estimate of drug-likeness (QED) is 0.241. The summed E-state index contributed by atoms with van der Waals surface area (Å²) in [5, 5.41) is 13.0. The highest BCUT2D eigenvalue weighted by Gasteiger charge is 2.12. The van der Waals surface area contributed by atoms with Gasteiger partial charge in [-0.05, 0) is 42.0 Å².